The van der Waals surface area contributed by atoms with Gasteiger partial charge in [-0.1, -0.05) is 0 Å². The summed E-state index contributed by atoms with van der Waals surface area (Å²) in [6.07, 6.45) is 2.98. The molecule has 4 N–H and O–H groups in total. The number of nitrogens with one attached hydrogen (secondary N) is 2. The zero-order valence-corrected chi connectivity index (χ0v) is 11.3. The molecule has 0 aromatic heterocycles. The van der Waals surface area contributed by atoms with Crippen LogP contribution in [0.3, 0.4) is 0 Å². The number of benzene rings is 1. The van der Waals surface area contributed by atoms with Gasteiger partial charge in [-0.05, 0) is 37.0 Å². The molecule has 1 aromatic rings. The van der Waals surface area contributed by atoms with Crippen LogP contribution in [0, 0.1) is 11.6 Å². The van der Waals surface area contributed by atoms with Gasteiger partial charge in [0.15, 0.2) is 0 Å². The minimum Gasteiger partial charge on any atom is -0.328 e. The minimum absolute atomic E-state index is 0.0687. The van der Waals surface area contributed by atoms with E-state index in [0.29, 0.717) is 11.6 Å². The van der Waals surface area contributed by atoms with E-state index in [1.165, 1.54) is 12.1 Å². The fourth-order valence-corrected chi connectivity index (χ4v) is 3.01. The van der Waals surface area contributed by atoms with Crippen molar-refractivity contribution < 1.29 is 8.78 Å². The van der Waals surface area contributed by atoms with Crippen LogP contribution in [0.25, 0.3) is 0 Å². The van der Waals surface area contributed by atoms with Crippen LogP contribution in [0.1, 0.15) is 30.9 Å². The SMILES string of the molecule is NC1CCN(C2CC(c3cc(F)cc(F)c3)NN2)CC1. The maximum absolute atomic E-state index is 13.3. The molecule has 1 aromatic carbocycles. The molecule has 2 unspecified atom stereocenters. The average molecular weight is 282 g/mol. The second kappa shape index (κ2) is 5.73. The first-order chi connectivity index (χ1) is 9.61. The first-order valence-electron chi connectivity index (χ1n) is 7.08. The molecule has 20 heavy (non-hydrogen) atoms. The van der Waals surface area contributed by atoms with Gasteiger partial charge in [0.05, 0.1) is 6.17 Å². The van der Waals surface area contributed by atoms with Gasteiger partial charge < -0.3 is 5.73 Å². The second-order valence-corrected chi connectivity index (χ2v) is 5.67. The van der Waals surface area contributed by atoms with Crippen molar-refractivity contribution >= 4 is 0 Å². The molecule has 2 heterocycles. The van der Waals surface area contributed by atoms with Crippen LogP contribution in [0.5, 0.6) is 0 Å². The second-order valence-electron chi connectivity index (χ2n) is 5.67. The predicted molar refractivity (Wildman–Crippen MR) is 72.6 cm³/mol. The molecule has 0 bridgehead atoms. The van der Waals surface area contributed by atoms with Gasteiger partial charge in [0.1, 0.15) is 11.6 Å². The van der Waals surface area contributed by atoms with Crippen LogP contribution in [-0.4, -0.2) is 30.2 Å². The third-order valence-electron chi connectivity index (χ3n) is 4.19. The lowest BCUT2D eigenvalue weighted by Gasteiger charge is -2.34. The number of hydrogen-bond donors (Lipinski definition) is 3. The maximum Gasteiger partial charge on any atom is 0.126 e. The third-order valence-corrected chi connectivity index (χ3v) is 4.19. The molecule has 2 saturated heterocycles. The number of nitrogens with two attached hydrogens (primary N) is 1. The topological polar surface area (TPSA) is 53.3 Å². The number of hydrazine groups is 1. The predicted octanol–water partition coefficient (Wildman–Crippen LogP) is 1.25. The molecule has 0 aliphatic carbocycles. The normalized spacial score (nSPS) is 28.9. The quantitative estimate of drug-likeness (QED) is 0.764. The Labute approximate surface area is 117 Å². The van der Waals surface area contributed by atoms with Crippen LogP contribution < -0.4 is 16.6 Å². The largest absolute Gasteiger partial charge is 0.328 e. The average Bonchev–Trinajstić information content (AvgIpc) is 2.88. The number of piperidine rings is 1. The van der Waals surface area contributed by atoms with Crippen molar-refractivity contribution in [1.82, 2.24) is 15.8 Å². The summed E-state index contributed by atoms with van der Waals surface area (Å²) in [5.41, 5.74) is 12.9. The smallest absolute Gasteiger partial charge is 0.126 e. The Morgan fingerprint density at radius 1 is 1.05 bits per heavy atom. The van der Waals surface area contributed by atoms with E-state index in [1.807, 2.05) is 0 Å². The van der Waals surface area contributed by atoms with Crippen LogP contribution in [0.2, 0.25) is 0 Å². The van der Waals surface area contributed by atoms with Gasteiger partial charge in [0.2, 0.25) is 0 Å². The summed E-state index contributed by atoms with van der Waals surface area (Å²) in [5.74, 6) is -1.07. The van der Waals surface area contributed by atoms with Crippen molar-refractivity contribution in [1.29, 1.82) is 0 Å². The van der Waals surface area contributed by atoms with Crippen molar-refractivity contribution in [2.45, 2.75) is 37.5 Å². The molecular formula is C14H20F2N4. The summed E-state index contributed by atoms with van der Waals surface area (Å²) in [4.78, 5) is 2.34. The Morgan fingerprint density at radius 3 is 2.35 bits per heavy atom. The van der Waals surface area contributed by atoms with E-state index in [4.69, 9.17) is 5.73 Å². The maximum atomic E-state index is 13.3. The van der Waals surface area contributed by atoms with Gasteiger partial charge >= 0.3 is 0 Å². The summed E-state index contributed by atoms with van der Waals surface area (Å²) in [6.45, 7) is 1.93. The van der Waals surface area contributed by atoms with E-state index >= 15 is 0 Å². The molecule has 2 fully saturated rings. The fraction of sp³-hybridized carbons (Fsp3) is 0.571. The number of hydrogen-bond acceptors (Lipinski definition) is 4. The molecule has 0 amide bonds. The summed E-state index contributed by atoms with van der Waals surface area (Å²) in [7, 11) is 0. The van der Waals surface area contributed by atoms with Crippen LogP contribution in [-0.2, 0) is 0 Å². The summed E-state index contributed by atoms with van der Waals surface area (Å²) in [5, 5.41) is 0. The molecule has 110 valence electrons. The van der Waals surface area contributed by atoms with Crippen molar-refractivity contribution in [2.24, 2.45) is 5.73 Å². The van der Waals surface area contributed by atoms with Crippen molar-refractivity contribution in [3.63, 3.8) is 0 Å². The highest BCUT2D eigenvalue weighted by atomic mass is 19.1. The van der Waals surface area contributed by atoms with E-state index in [-0.39, 0.29) is 12.2 Å². The Kier molecular flexibility index (Phi) is 3.98. The Morgan fingerprint density at radius 2 is 1.70 bits per heavy atom. The minimum atomic E-state index is -0.533. The zero-order chi connectivity index (χ0) is 14.1. The van der Waals surface area contributed by atoms with E-state index in [1.54, 1.807) is 0 Å². The highest BCUT2D eigenvalue weighted by Crippen LogP contribution is 2.26. The molecule has 2 atom stereocenters. The summed E-state index contributed by atoms with van der Waals surface area (Å²) in [6, 6.07) is 3.90. The Hall–Kier alpha value is -1.08. The molecule has 2 aliphatic rings. The lowest BCUT2D eigenvalue weighted by atomic mass is 10.0. The molecule has 6 heteroatoms. The van der Waals surface area contributed by atoms with E-state index in [0.717, 1.165) is 38.4 Å². The van der Waals surface area contributed by atoms with Crippen LogP contribution in [0.4, 0.5) is 8.78 Å². The van der Waals surface area contributed by atoms with Gasteiger partial charge in [0, 0.05) is 31.2 Å². The lowest BCUT2D eigenvalue weighted by molar-refractivity contribution is 0.137. The number of halogens is 2. The third kappa shape index (κ3) is 2.98. The molecule has 0 spiro atoms. The molecule has 3 rings (SSSR count). The van der Waals surface area contributed by atoms with E-state index in [9.17, 15) is 8.78 Å². The van der Waals surface area contributed by atoms with Crippen molar-refractivity contribution in [3.8, 4) is 0 Å². The van der Waals surface area contributed by atoms with Gasteiger partial charge in [-0.15, -0.1) is 0 Å². The molecule has 0 radical (unpaired) electrons. The fourth-order valence-electron chi connectivity index (χ4n) is 3.01. The van der Waals surface area contributed by atoms with Gasteiger partial charge in [0.25, 0.3) is 0 Å². The highest BCUT2D eigenvalue weighted by Gasteiger charge is 2.31. The number of nitrogens with zero attached hydrogens (tertiary/aromatic N) is 1. The highest BCUT2D eigenvalue weighted by molar-refractivity contribution is 5.22. The molecule has 4 nitrogen and oxygen atoms in total. The van der Waals surface area contributed by atoms with Gasteiger partial charge in [-0.25, -0.2) is 19.6 Å². The van der Waals surface area contributed by atoms with Crippen LogP contribution in [0.15, 0.2) is 18.2 Å². The van der Waals surface area contributed by atoms with Crippen LogP contribution >= 0.6 is 0 Å². The summed E-state index contributed by atoms with van der Waals surface area (Å²) >= 11 is 0. The number of likely N-dealkylation sites (tertiary alicyclic amines) is 1. The van der Waals surface area contributed by atoms with Gasteiger partial charge in [-0.3, -0.25) is 4.90 Å². The number of rotatable bonds is 2. The summed E-state index contributed by atoms with van der Waals surface area (Å²) < 4.78 is 26.5. The van der Waals surface area contributed by atoms with Crippen molar-refractivity contribution in [3.05, 3.63) is 35.4 Å². The van der Waals surface area contributed by atoms with Gasteiger partial charge in [-0.2, -0.15) is 0 Å². The molecule has 0 saturated carbocycles. The van der Waals surface area contributed by atoms with Crippen molar-refractivity contribution in [2.75, 3.05) is 13.1 Å². The van der Waals surface area contributed by atoms with E-state index < -0.39 is 11.6 Å². The first kappa shape index (κ1) is 13.9. The zero-order valence-electron chi connectivity index (χ0n) is 11.3. The first-order valence-corrected chi connectivity index (χ1v) is 7.08. The Balaban J connectivity index is 1.64. The molecule has 2 aliphatic heterocycles. The monoisotopic (exact) mass is 282 g/mol. The Bertz CT molecular complexity index is 454. The lowest BCUT2D eigenvalue weighted by Crippen LogP contribution is -2.50. The molecular weight excluding hydrogens is 262 g/mol. The van der Waals surface area contributed by atoms with E-state index in [2.05, 4.69) is 15.8 Å². The standard InChI is InChI=1S/C14H20F2N4/c15-10-5-9(6-11(16)7-10)13-8-14(19-18-13)20-3-1-12(17)2-4-20/h5-7,12-14,18-19H,1-4,8,17H2.